The van der Waals surface area contributed by atoms with Gasteiger partial charge in [-0.3, -0.25) is 0 Å². The number of alkyl halides is 3. The Morgan fingerprint density at radius 1 is 1.21 bits per heavy atom. The first kappa shape index (κ1) is 23.2. The van der Waals surface area contributed by atoms with Crippen molar-refractivity contribution in [2.24, 2.45) is 4.99 Å². The number of guanidine groups is 1. The molecular formula is C20H26F3N3O2S. The first-order valence-electron chi connectivity index (χ1n) is 9.19. The number of aliphatic hydroxyl groups is 1. The van der Waals surface area contributed by atoms with Crippen molar-refractivity contribution < 1.29 is 23.0 Å². The van der Waals surface area contributed by atoms with Crippen LogP contribution in [-0.2, 0) is 23.5 Å². The fourth-order valence-electron chi connectivity index (χ4n) is 2.54. The Balaban J connectivity index is 1.94. The molecule has 1 aromatic heterocycles. The second-order valence-electron chi connectivity index (χ2n) is 6.76. The van der Waals surface area contributed by atoms with Gasteiger partial charge in [0.05, 0.1) is 19.7 Å². The van der Waals surface area contributed by atoms with Gasteiger partial charge in [0.1, 0.15) is 12.2 Å². The molecule has 1 atom stereocenters. The molecule has 9 heteroatoms. The van der Waals surface area contributed by atoms with Gasteiger partial charge in [-0.15, -0.1) is 0 Å². The van der Waals surface area contributed by atoms with Gasteiger partial charge in [-0.05, 0) is 47.4 Å². The van der Waals surface area contributed by atoms with E-state index in [1.807, 2.05) is 29.8 Å². The second kappa shape index (κ2) is 10.6. The normalized spacial score (nSPS) is 14.5. The summed E-state index contributed by atoms with van der Waals surface area (Å²) < 4.78 is 41.3. The van der Waals surface area contributed by atoms with Crippen molar-refractivity contribution in [1.82, 2.24) is 10.6 Å². The second-order valence-corrected chi connectivity index (χ2v) is 7.54. The maximum absolute atomic E-state index is 12.2. The van der Waals surface area contributed by atoms with E-state index in [-0.39, 0.29) is 13.2 Å². The molecule has 3 N–H and O–H groups in total. The summed E-state index contributed by atoms with van der Waals surface area (Å²) in [5, 5.41) is 20.7. The van der Waals surface area contributed by atoms with Crippen LogP contribution in [0.1, 0.15) is 30.5 Å². The molecule has 0 aliphatic rings. The van der Waals surface area contributed by atoms with E-state index < -0.39 is 18.4 Å². The first-order valence-corrected chi connectivity index (χ1v) is 10.1. The quantitative estimate of drug-likeness (QED) is 0.419. The molecule has 2 aromatic rings. The van der Waals surface area contributed by atoms with Gasteiger partial charge < -0.3 is 20.5 Å². The molecule has 0 saturated carbocycles. The van der Waals surface area contributed by atoms with Crippen molar-refractivity contribution in [3.8, 4) is 0 Å². The predicted molar refractivity (Wildman–Crippen MR) is 109 cm³/mol. The number of nitrogens with one attached hydrogen (secondary N) is 2. The Morgan fingerprint density at radius 3 is 2.62 bits per heavy atom. The highest BCUT2D eigenvalue weighted by molar-refractivity contribution is 7.08. The van der Waals surface area contributed by atoms with E-state index in [0.717, 1.165) is 11.1 Å². The lowest BCUT2D eigenvalue weighted by Gasteiger charge is -2.24. The van der Waals surface area contributed by atoms with E-state index in [0.29, 0.717) is 24.6 Å². The molecule has 0 fully saturated rings. The highest BCUT2D eigenvalue weighted by Gasteiger charge is 2.27. The minimum absolute atomic E-state index is 0.112. The Bertz CT molecular complexity index is 778. The van der Waals surface area contributed by atoms with Gasteiger partial charge in [0.25, 0.3) is 0 Å². The average molecular weight is 430 g/mol. The number of aliphatic imine (C=N–C) groups is 1. The fraction of sp³-hybridized carbons (Fsp3) is 0.450. The SMILES string of the molecule is CCNC(=NCc1cccc(COCC(F)(F)F)c1)NCC(C)(O)c1ccsc1. The molecule has 1 heterocycles. The minimum atomic E-state index is -4.33. The number of halogens is 3. The van der Waals surface area contributed by atoms with Crippen LogP contribution >= 0.6 is 11.3 Å². The molecule has 2 rings (SSSR count). The monoisotopic (exact) mass is 429 g/mol. The third kappa shape index (κ3) is 8.43. The van der Waals surface area contributed by atoms with Gasteiger partial charge in [-0.2, -0.15) is 24.5 Å². The van der Waals surface area contributed by atoms with E-state index in [4.69, 9.17) is 4.74 Å². The van der Waals surface area contributed by atoms with Gasteiger partial charge in [-0.25, -0.2) is 4.99 Å². The van der Waals surface area contributed by atoms with E-state index >= 15 is 0 Å². The smallest absolute Gasteiger partial charge is 0.384 e. The van der Waals surface area contributed by atoms with Crippen molar-refractivity contribution in [2.45, 2.75) is 38.8 Å². The molecule has 0 aliphatic heterocycles. The molecule has 0 radical (unpaired) electrons. The molecule has 0 saturated heterocycles. The summed E-state index contributed by atoms with van der Waals surface area (Å²) in [5.41, 5.74) is 1.30. The summed E-state index contributed by atoms with van der Waals surface area (Å²) in [5.74, 6) is 0.543. The van der Waals surface area contributed by atoms with Gasteiger partial charge in [-0.1, -0.05) is 24.3 Å². The van der Waals surface area contributed by atoms with E-state index in [1.165, 1.54) is 11.3 Å². The van der Waals surface area contributed by atoms with Crippen LogP contribution in [0.25, 0.3) is 0 Å². The van der Waals surface area contributed by atoms with Crippen LogP contribution < -0.4 is 10.6 Å². The third-order valence-corrected chi connectivity index (χ3v) is 4.72. The van der Waals surface area contributed by atoms with E-state index in [1.54, 1.807) is 25.1 Å². The number of hydrogen-bond acceptors (Lipinski definition) is 4. The van der Waals surface area contributed by atoms with Crippen LogP contribution in [0.4, 0.5) is 13.2 Å². The van der Waals surface area contributed by atoms with Crippen LogP contribution in [0.15, 0.2) is 46.1 Å². The van der Waals surface area contributed by atoms with Crippen LogP contribution in [0, 0.1) is 0 Å². The number of nitrogens with zero attached hydrogens (tertiary/aromatic N) is 1. The number of benzene rings is 1. The summed E-state index contributed by atoms with van der Waals surface area (Å²) >= 11 is 1.52. The van der Waals surface area contributed by atoms with E-state index in [9.17, 15) is 18.3 Å². The zero-order valence-electron chi connectivity index (χ0n) is 16.4. The highest BCUT2D eigenvalue weighted by atomic mass is 32.1. The van der Waals surface area contributed by atoms with E-state index in [2.05, 4.69) is 15.6 Å². The van der Waals surface area contributed by atoms with Crippen LogP contribution in [0.3, 0.4) is 0 Å². The molecule has 5 nitrogen and oxygen atoms in total. The van der Waals surface area contributed by atoms with Crippen molar-refractivity contribution in [2.75, 3.05) is 19.7 Å². The van der Waals surface area contributed by atoms with Crippen LogP contribution in [0.5, 0.6) is 0 Å². The minimum Gasteiger partial charge on any atom is -0.384 e. The molecule has 0 bridgehead atoms. The van der Waals surface area contributed by atoms with Gasteiger partial charge in [0.2, 0.25) is 0 Å². The van der Waals surface area contributed by atoms with Crippen molar-refractivity contribution in [3.05, 3.63) is 57.8 Å². The fourth-order valence-corrected chi connectivity index (χ4v) is 3.33. The van der Waals surface area contributed by atoms with Crippen molar-refractivity contribution >= 4 is 17.3 Å². The summed E-state index contributed by atoms with van der Waals surface area (Å²) in [6.07, 6.45) is -4.33. The number of rotatable bonds is 9. The molecule has 0 amide bonds. The Labute approximate surface area is 172 Å². The number of ether oxygens (including phenoxy) is 1. The van der Waals surface area contributed by atoms with Crippen molar-refractivity contribution in [1.29, 1.82) is 0 Å². The Morgan fingerprint density at radius 2 is 1.97 bits per heavy atom. The lowest BCUT2D eigenvalue weighted by Crippen LogP contribution is -2.44. The number of thiophene rings is 1. The molecule has 0 aliphatic carbocycles. The molecular weight excluding hydrogens is 403 g/mol. The molecule has 160 valence electrons. The largest absolute Gasteiger partial charge is 0.411 e. The van der Waals surface area contributed by atoms with Crippen LogP contribution in [0.2, 0.25) is 0 Å². The maximum Gasteiger partial charge on any atom is 0.411 e. The number of hydrogen-bond donors (Lipinski definition) is 3. The summed E-state index contributed by atoms with van der Waals surface area (Å²) in [7, 11) is 0. The zero-order valence-corrected chi connectivity index (χ0v) is 17.2. The van der Waals surface area contributed by atoms with Crippen molar-refractivity contribution in [3.63, 3.8) is 0 Å². The summed E-state index contributed by atoms with van der Waals surface area (Å²) in [6.45, 7) is 3.55. The maximum atomic E-state index is 12.2. The standard InChI is InChI=1S/C20H26F3N3O2S/c1-3-24-18(26-13-19(2,27)17-7-8-29-12-17)25-10-15-5-4-6-16(9-15)11-28-14-20(21,22)23/h4-9,12,27H,3,10-11,13-14H2,1-2H3,(H2,24,25,26). The molecule has 1 aromatic carbocycles. The first-order chi connectivity index (χ1) is 13.7. The predicted octanol–water partition coefficient (Wildman–Crippen LogP) is 3.79. The molecule has 29 heavy (non-hydrogen) atoms. The lowest BCUT2D eigenvalue weighted by atomic mass is 9.99. The molecule has 0 spiro atoms. The summed E-state index contributed by atoms with van der Waals surface area (Å²) in [6, 6.07) is 8.97. The Hall–Kier alpha value is -2.10. The highest BCUT2D eigenvalue weighted by Crippen LogP contribution is 2.22. The Kier molecular flexibility index (Phi) is 8.48. The van der Waals surface area contributed by atoms with Gasteiger partial charge >= 0.3 is 6.18 Å². The van der Waals surface area contributed by atoms with Crippen LogP contribution in [-0.4, -0.2) is 36.9 Å². The average Bonchev–Trinajstić information content (AvgIpc) is 3.19. The topological polar surface area (TPSA) is 65.9 Å². The van der Waals surface area contributed by atoms with Gasteiger partial charge in [0.15, 0.2) is 5.96 Å². The molecule has 1 unspecified atom stereocenters. The van der Waals surface area contributed by atoms with Gasteiger partial charge in [0, 0.05) is 6.54 Å². The zero-order chi connectivity index (χ0) is 21.3. The summed E-state index contributed by atoms with van der Waals surface area (Å²) in [4.78, 5) is 4.49. The lowest BCUT2D eigenvalue weighted by molar-refractivity contribution is -0.176. The third-order valence-electron chi connectivity index (χ3n) is 4.03.